The first-order valence-electron chi connectivity index (χ1n) is 8.22. The fourth-order valence-electron chi connectivity index (χ4n) is 2.80. The molecule has 0 bridgehead atoms. The molecule has 122 valence electrons. The van der Waals surface area contributed by atoms with Crippen LogP contribution < -0.4 is 5.32 Å². The highest BCUT2D eigenvalue weighted by Crippen LogP contribution is 2.19. The number of rotatable bonds is 6. The van der Waals surface area contributed by atoms with Crippen LogP contribution in [-0.4, -0.2) is 40.6 Å². The van der Waals surface area contributed by atoms with E-state index in [9.17, 15) is 4.79 Å². The topological polar surface area (TPSA) is 71.3 Å². The van der Waals surface area contributed by atoms with Gasteiger partial charge in [0.25, 0.3) is 0 Å². The van der Waals surface area contributed by atoms with E-state index in [-0.39, 0.29) is 11.9 Å². The fraction of sp³-hybridized carbons (Fsp3) is 0.471. The number of piperidine rings is 1. The molecule has 6 nitrogen and oxygen atoms in total. The van der Waals surface area contributed by atoms with Gasteiger partial charge in [0, 0.05) is 12.0 Å². The van der Waals surface area contributed by atoms with Crippen molar-refractivity contribution < 1.29 is 9.21 Å². The second kappa shape index (κ2) is 7.87. The molecule has 1 saturated heterocycles. The molecule has 1 aromatic heterocycles. The van der Waals surface area contributed by atoms with Gasteiger partial charge in [-0.2, -0.15) is 0 Å². The highest BCUT2D eigenvalue weighted by molar-refractivity contribution is 5.88. The van der Waals surface area contributed by atoms with Crippen molar-refractivity contribution in [3.05, 3.63) is 30.3 Å². The Balaban J connectivity index is 1.44. The van der Waals surface area contributed by atoms with Crippen LogP contribution in [0.3, 0.4) is 0 Å². The van der Waals surface area contributed by atoms with Gasteiger partial charge in [-0.05, 0) is 51.0 Å². The molecule has 0 atom stereocenters. The lowest BCUT2D eigenvalue weighted by atomic mass is 10.1. The zero-order chi connectivity index (χ0) is 15.9. The number of anilines is 1. The number of amides is 1. The second-order valence-corrected chi connectivity index (χ2v) is 5.83. The third-order valence-corrected chi connectivity index (χ3v) is 4.02. The van der Waals surface area contributed by atoms with E-state index in [1.54, 1.807) is 0 Å². The number of benzene rings is 1. The zero-order valence-corrected chi connectivity index (χ0v) is 13.2. The molecule has 0 radical (unpaired) electrons. The summed E-state index contributed by atoms with van der Waals surface area (Å²) in [6, 6.07) is 9.66. The van der Waals surface area contributed by atoms with E-state index in [0.717, 1.165) is 31.6 Å². The average molecular weight is 314 g/mol. The first-order valence-corrected chi connectivity index (χ1v) is 8.22. The minimum Gasteiger partial charge on any atom is -0.403 e. The van der Waals surface area contributed by atoms with Gasteiger partial charge in [-0.1, -0.05) is 29.7 Å². The maximum absolute atomic E-state index is 11.9. The Kier molecular flexibility index (Phi) is 5.37. The Hall–Kier alpha value is -2.21. The van der Waals surface area contributed by atoms with Crippen molar-refractivity contribution in [1.29, 1.82) is 0 Å². The normalized spacial score (nSPS) is 15.5. The molecule has 3 rings (SSSR count). The molecule has 23 heavy (non-hydrogen) atoms. The summed E-state index contributed by atoms with van der Waals surface area (Å²) >= 11 is 0. The van der Waals surface area contributed by atoms with Crippen LogP contribution in [0.1, 0.15) is 32.1 Å². The van der Waals surface area contributed by atoms with Gasteiger partial charge < -0.3 is 9.32 Å². The summed E-state index contributed by atoms with van der Waals surface area (Å²) in [6.45, 7) is 3.30. The number of hydrogen-bond acceptors (Lipinski definition) is 5. The number of aromatic nitrogens is 2. The van der Waals surface area contributed by atoms with Crippen LogP contribution >= 0.6 is 0 Å². The minimum atomic E-state index is -0.0785. The fourth-order valence-corrected chi connectivity index (χ4v) is 2.80. The maximum atomic E-state index is 11.9. The highest BCUT2D eigenvalue weighted by Gasteiger charge is 2.13. The SMILES string of the molecule is O=C(CCCN1CCCCC1)Nc1nnc(-c2ccccc2)o1. The summed E-state index contributed by atoms with van der Waals surface area (Å²) in [5.41, 5.74) is 0.839. The summed E-state index contributed by atoms with van der Waals surface area (Å²) in [7, 11) is 0. The number of nitrogens with one attached hydrogen (secondary N) is 1. The first kappa shape index (κ1) is 15.7. The quantitative estimate of drug-likeness (QED) is 0.887. The van der Waals surface area contributed by atoms with Crippen molar-refractivity contribution in [2.75, 3.05) is 25.0 Å². The van der Waals surface area contributed by atoms with Crippen LogP contribution in [-0.2, 0) is 4.79 Å². The molecule has 6 heteroatoms. The molecule has 2 heterocycles. The molecule has 0 unspecified atom stereocenters. The van der Waals surface area contributed by atoms with E-state index >= 15 is 0 Å². The molecule has 2 aromatic rings. The monoisotopic (exact) mass is 314 g/mol. The molecule has 0 saturated carbocycles. The van der Waals surface area contributed by atoms with E-state index in [4.69, 9.17) is 4.42 Å². The van der Waals surface area contributed by atoms with Crippen LogP contribution in [0.5, 0.6) is 0 Å². The molecular weight excluding hydrogens is 292 g/mol. The molecule has 1 amide bonds. The number of nitrogens with zero attached hydrogens (tertiary/aromatic N) is 3. The molecule has 1 aromatic carbocycles. The molecule has 1 N–H and O–H groups in total. The molecule has 0 aliphatic carbocycles. The van der Waals surface area contributed by atoms with Gasteiger partial charge >= 0.3 is 6.01 Å². The number of carbonyl (C=O) groups is 1. The molecule has 0 spiro atoms. The van der Waals surface area contributed by atoms with E-state index in [0.29, 0.717) is 12.3 Å². The highest BCUT2D eigenvalue weighted by atomic mass is 16.4. The standard InChI is InChI=1S/C17H22N4O2/c22-15(10-7-13-21-11-5-2-6-12-21)18-17-20-19-16(23-17)14-8-3-1-4-9-14/h1,3-4,8-9H,2,5-7,10-13H2,(H,18,20,22). The van der Waals surface area contributed by atoms with Crippen molar-refractivity contribution in [3.63, 3.8) is 0 Å². The third kappa shape index (κ3) is 4.63. The lowest BCUT2D eigenvalue weighted by Crippen LogP contribution is -2.31. The number of carbonyl (C=O) groups excluding carboxylic acids is 1. The van der Waals surface area contributed by atoms with E-state index < -0.39 is 0 Å². The Labute approximate surface area is 135 Å². The van der Waals surface area contributed by atoms with Gasteiger partial charge in [-0.15, -0.1) is 5.10 Å². The van der Waals surface area contributed by atoms with Crippen LogP contribution in [0.4, 0.5) is 6.01 Å². The van der Waals surface area contributed by atoms with Gasteiger partial charge in [-0.3, -0.25) is 10.1 Å². The predicted molar refractivity (Wildman–Crippen MR) is 87.9 cm³/mol. The van der Waals surface area contributed by atoms with Crippen LogP contribution in [0.15, 0.2) is 34.7 Å². The minimum absolute atomic E-state index is 0.0785. The Bertz CT molecular complexity index is 621. The van der Waals surface area contributed by atoms with Gasteiger partial charge in [-0.25, -0.2) is 0 Å². The van der Waals surface area contributed by atoms with Gasteiger partial charge in [0.1, 0.15) is 0 Å². The van der Waals surface area contributed by atoms with Crippen LogP contribution in [0, 0.1) is 0 Å². The summed E-state index contributed by atoms with van der Waals surface area (Å²) in [5, 5.41) is 10.5. The lowest BCUT2D eigenvalue weighted by molar-refractivity contribution is -0.116. The van der Waals surface area contributed by atoms with Crippen molar-refractivity contribution in [1.82, 2.24) is 15.1 Å². The van der Waals surface area contributed by atoms with E-state index in [1.807, 2.05) is 30.3 Å². The van der Waals surface area contributed by atoms with E-state index in [2.05, 4.69) is 20.4 Å². The van der Waals surface area contributed by atoms with E-state index in [1.165, 1.54) is 19.3 Å². The second-order valence-electron chi connectivity index (χ2n) is 5.83. The molecule has 1 aliphatic heterocycles. The van der Waals surface area contributed by atoms with Gasteiger partial charge in [0.2, 0.25) is 11.8 Å². The van der Waals surface area contributed by atoms with Crippen molar-refractivity contribution in [3.8, 4) is 11.5 Å². The largest absolute Gasteiger partial charge is 0.403 e. The summed E-state index contributed by atoms with van der Waals surface area (Å²) in [5.74, 6) is 0.333. The predicted octanol–water partition coefficient (Wildman–Crippen LogP) is 2.94. The van der Waals surface area contributed by atoms with Crippen molar-refractivity contribution in [2.45, 2.75) is 32.1 Å². The smallest absolute Gasteiger partial charge is 0.322 e. The van der Waals surface area contributed by atoms with Gasteiger partial charge in [0.05, 0.1) is 0 Å². The lowest BCUT2D eigenvalue weighted by Gasteiger charge is -2.26. The molecule has 1 fully saturated rings. The Morgan fingerprint density at radius 2 is 1.91 bits per heavy atom. The molecule has 1 aliphatic rings. The Morgan fingerprint density at radius 1 is 1.13 bits per heavy atom. The first-order chi connectivity index (χ1) is 11.3. The average Bonchev–Trinajstić information content (AvgIpc) is 3.05. The summed E-state index contributed by atoms with van der Waals surface area (Å²) in [6.07, 6.45) is 5.20. The Morgan fingerprint density at radius 3 is 2.70 bits per heavy atom. The van der Waals surface area contributed by atoms with Crippen molar-refractivity contribution >= 4 is 11.9 Å². The number of hydrogen-bond donors (Lipinski definition) is 1. The third-order valence-electron chi connectivity index (χ3n) is 4.02. The maximum Gasteiger partial charge on any atom is 0.322 e. The summed E-state index contributed by atoms with van der Waals surface area (Å²) < 4.78 is 5.47. The van der Waals surface area contributed by atoms with Crippen molar-refractivity contribution in [2.24, 2.45) is 0 Å². The van der Waals surface area contributed by atoms with Crippen LogP contribution in [0.2, 0.25) is 0 Å². The zero-order valence-electron chi connectivity index (χ0n) is 13.2. The van der Waals surface area contributed by atoms with Gasteiger partial charge in [0.15, 0.2) is 0 Å². The molecular formula is C17H22N4O2. The number of likely N-dealkylation sites (tertiary alicyclic amines) is 1. The summed E-state index contributed by atoms with van der Waals surface area (Å²) in [4.78, 5) is 14.4. The van der Waals surface area contributed by atoms with Crippen LogP contribution in [0.25, 0.3) is 11.5 Å².